The smallest absolute Gasteiger partial charge is 0.109 e. The molecule has 1 atom stereocenters. The molecule has 0 radical (unpaired) electrons. The lowest BCUT2D eigenvalue weighted by Gasteiger charge is -2.44. The van der Waals surface area contributed by atoms with Crippen LogP contribution in [0.15, 0.2) is 43.0 Å². The van der Waals surface area contributed by atoms with Crippen LogP contribution in [0.5, 0.6) is 0 Å². The van der Waals surface area contributed by atoms with Crippen molar-refractivity contribution in [3.63, 3.8) is 0 Å². The molecule has 2 nitrogen and oxygen atoms in total. The molecule has 2 aliphatic rings. The minimum absolute atomic E-state index is 0.0750. The zero-order chi connectivity index (χ0) is 13.6. The van der Waals surface area contributed by atoms with Gasteiger partial charge in [0.25, 0.3) is 0 Å². The second-order valence-corrected chi connectivity index (χ2v) is 6.15. The Morgan fingerprint density at radius 2 is 2.00 bits per heavy atom. The summed E-state index contributed by atoms with van der Waals surface area (Å²) in [5, 5.41) is 1.33. The molecule has 0 unspecified atom stereocenters. The summed E-state index contributed by atoms with van der Waals surface area (Å²) >= 11 is 0. The van der Waals surface area contributed by atoms with Crippen LogP contribution < -0.4 is 0 Å². The van der Waals surface area contributed by atoms with Gasteiger partial charge in [-0.25, -0.2) is 0 Å². The van der Waals surface area contributed by atoms with Crippen molar-refractivity contribution in [2.24, 2.45) is 0 Å². The van der Waals surface area contributed by atoms with Crippen LogP contribution in [-0.2, 0) is 16.9 Å². The Hall–Kier alpha value is -1.54. The number of nitrogens with zero attached hydrogens (tertiary/aromatic N) is 1. The maximum atomic E-state index is 6.48. The van der Waals surface area contributed by atoms with Crippen molar-refractivity contribution in [3.05, 3.63) is 48.7 Å². The lowest BCUT2D eigenvalue weighted by molar-refractivity contribution is -0.129. The minimum Gasteiger partial charge on any atom is -0.360 e. The zero-order valence-corrected chi connectivity index (χ0v) is 11.8. The van der Waals surface area contributed by atoms with E-state index in [0.29, 0.717) is 0 Å². The fourth-order valence-electron chi connectivity index (χ4n) is 3.97. The molecule has 0 saturated heterocycles. The minimum atomic E-state index is -0.0750. The standard InChI is InChI=1S/C18H21NO/c1-2-15-13-19-16-9-5-4-8-14(16)12-17(19)18(20-15)10-6-3-7-11-18/h2,4-5,8-9,12,15H,1,3,6-7,10-11,13H2/t15-/m0/s1. The molecule has 4 rings (SSSR count). The van der Waals surface area contributed by atoms with E-state index in [9.17, 15) is 0 Å². The summed E-state index contributed by atoms with van der Waals surface area (Å²) in [4.78, 5) is 0. The summed E-state index contributed by atoms with van der Waals surface area (Å²) in [5.74, 6) is 0. The summed E-state index contributed by atoms with van der Waals surface area (Å²) < 4.78 is 8.95. The molecule has 104 valence electrons. The lowest BCUT2D eigenvalue weighted by Crippen LogP contribution is -2.43. The van der Waals surface area contributed by atoms with Crippen molar-refractivity contribution in [2.75, 3.05) is 0 Å². The van der Waals surface area contributed by atoms with Crippen LogP contribution in [0.25, 0.3) is 10.9 Å². The molecule has 0 amide bonds. The van der Waals surface area contributed by atoms with E-state index >= 15 is 0 Å². The third-order valence-electron chi connectivity index (χ3n) is 4.94. The van der Waals surface area contributed by atoms with E-state index in [4.69, 9.17) is 4.74 Å². The van der Waals surface area contributed by atoms with E-state index in [1.807, 2.05) is 6.08 Å². The van der Waals surface area contributed by atoms with Crippen LogP contribution in [0.3, 0.4) is 0 Å². The number of rotatable bonds is 1. The predicted molar refractivity (Wildman–Crippen MR) is 81.8 cm³/mol. The summed E-state index contributed by atoms with van der Waals surface area (Å²) in [7, 11) is 0. The number of benzene rings is 1. The molecule has 1 spiro atoms. The number of para-hydroxylation sites is 1. The second kappa shape index (κ2) is 4.49. The molecule has 1 aromatic carbocycles. The van der Waals surface area contributed by atoms with Gasteiger partial charge < -0.3 is 9.30 Å². The van der Waals surface area contributed by atoms with Gasteiger partial charge in [-0.05, 0) is 30.4 Å². The van der Waals surface area contributed by atoms with Gasteiger partial charge in [-0.3, -0.25) is 0 Å². The Balaban J connectivity index is 1.93. The first kappa shape index (κ1) is 12.2. The molecule has 20 heavy (non-hydrogen) atoms. The van der Waals surface area contributed by atoms with Gasteiger partial charge in [-0.1, -0.05) is 43.5 Å². The van der Waals surface area contributed by atoms with Crippen molar-refractivity contribution >= 4 is 10.9 Å². The van der Waals surface area contributed by atoms with Crippen LogP contribution in [0.4, 0.5) is 0 Å². The summed E-state index contributed by atoms with van der Waals surface area (Å²) in [5.41, 5.74) is 2.65. The van der Waals surface area contributed by atoms with Gasteiger partial charge in [0, 0.05) is 5.52 Å². The van der Waals surface area contributed by atoms with Gasteiger partial charge >= 0.3 is 0 Å². The molecule has 2 aromatic rings. The average molecular weight is 267 g/mol. The average Bonchev–Trinajstić information content (AvgIpc) is 2.88. The SMILES string of the molecule is C=C[C@H]1Cn2c(cc3ccccc32)C2(CCCCC2)O1. The normalized spacial score (nSPS) is 24.7. The molecule has 1 fully saturated rings. The van der Waals surface area contributed by atoms with Gasteiger partial charge in [0.2, 0.25) is 0 Å². The first-order valence-electron chi connectivity index (χ1n) is 7.71. The number of fused-ring (bicyclic) bond motifs is 4. The fraction of sp³-hybridized carbons (Fsp3) is 0.444. The molecular weight excluding hydrogens is 246 g/mol. The molecule has 1 aromatic heterocycles. The summed E-state index contributed by atoms with van der Waals surface area (Å²) in [6, 6.07) is 11.0. The van der Waals surface area contributed by atoms with Crippen molar-refractivity contribution < 1.29 is 4.74 Å². The number of hydrogen-bond donors (Lipinski definition) is 0. The molecule has 2 heterocycles. The van der Waals surface area contributed by atoms with Crippen LogP contribution in [0, 0.1) is 0 Å². The summed E-state index contributed by atoms with van der Waals surface area (Å²) in [6.45, 7) is 4.86. The van der Waals surface area contributed by atoms with Gasteiger partial charge in [-0.15, -0.1) is 6.58 Å². The fourth-order valence-corrected chi connectivity index (χ4v) is 3.97. The Morgan fingerprint density at radius 3 is 2.80 bits per heavy atom. The van der Waals surface area contributed by atoms with Crippen LogP contribution in [0.2, 0.25) is 0 Å². The molecule has 2 heteroatoms. The Kier molecular flexibility index (Phi) is 2.74. The van der Waals surface area contributed by atoms with Crippen LogP contribution in [-0.4, -0.2) is 10.7 Å². The van der Waals surface area contributed by atoms with Gasteiger partial charge in [0.1, 0.15) is 5.60 Å². The summed E-state index contributed by atoms with van der Waals surface area (Å²) in [6.07, 6.45) is 8.27. The maximum Gasteiger partial charge on any atom is 0.109 e. The van der Waals surface area contributed by atoms with Crippen molar-refractivity contribution in [1.29, 1.82) is 0 Å². The van der Waals surface area contributed by atoms with E-state index in [0.717, 1.165) is 19.4 Å². The number of aromatic nitrogens is 1. The molecule has 1 aliphatic heterocycles. The molecule has 1 saturated carbocycles. The second-order valence-electron chi connectivity index (χ2n) is 6.15. The highest BCUT2D eigenvalue weighted by Gasteiger charge is 2.42. The molecule has 1 aliphatic carbocycles. The Morgan fingerprint density at radius 1 is 1.20 bits per heavy atom. The third-order valence-corrected chi connectivity index (χ3v) is 4.94. The topological polar surface area (TPSA) is 14.2 Å². The molecule has 0 bridgehead atoms. The van der Waals surface area contributed by atoms with E-state index < -0.39 is 0 Å². The van der Waals surface area contributed by atoms with Crippen molar-refractivity contribution in [2.45, 2.75) is 50.4 Å². The highest BCUT2D eigenvalue weighted by Crippen LogP contribution is 2.46. The van der Waals surface area contributed by atoms with E-state index in [2.05, 4.69) is 41.5 Å². The highest BCUT2D eigenvalue weighted by atomic mass is 16.5. The quantitative estimate of drug-likeness (QED) is 0.699. The maximum absolute atomic E-state index is 6.48. The van der Waals surface area contributed by atoms with E-state index in [-0.39, 0.29) is 11.7 Å². The Bertz CT molecular complexity index is 648. The largest absolute Gasteiger partial charge is 0.360 e. The third kappa shape index (κ3) is 1.68. The monoisotopic (exact) mass is 267 g/mol. The zero-order valence-electron chi connectivity index (χ0n) is 11.8. The highest BCUT2D eigenvalue weighted by molar-refractivity contribution is 5.81. The van der Waals surface area contributed by atoms with Gasteiger partial charge in [-0.2, -0.15) is 0 Å². The lowest BCUT2D eigenvalue weighted by atomic mass is 9.81. The van der Waals surface area contributed by atoms with Crippen LogP contribution >= 0.6 is 0 Å². The number of ether oxygens (including phenoxy) is 1. The van der Waals surface area contributed by atoms with Gasteiger partial charge in [0.15, 0.2) is 0 Å². The van der Waals surface area contributed by atoms with Gasteiger partial charge in [0.05, 0.1) is 18.3 Å². The van der Waals surface area contributed by atoms with Crippen molar-refractivity contribution in [1.82, 2.24) is 4.57 Å². The van der Waals surface area contributed by atoms with E-state index in [1.54, 1.807) is 0 Å². The van der Waals surface area contributed by atoms with E-state index in [1.165, 1.54) is 35.9 Å². The van der Waals surface area contributed by atoms with Crippen molar-refractivity contribution in [3.8, 4) is 0 Å². The number of hydrogen-bond acceptors (Lipinski definition) is 1. The molecular formula is C18H21NO. The first-order chi connectivity index (χ1) is 9.82. The first-order valence-corrected chi connectivity index (χ1v) is 7.71. The molecule has 0 N–H and O–H groups in total. The Labute approximate surface area is 120 Å². The predicted octanol–water partition coefficient (Wildman–Crippen LogP) is 4.39. The van der Waals surface area contributed by atoms with Crippen LogP contribution in [0.1, 0.15) is 37.8 Å².